The summed E-state index contributed by atoms with van der Waals surface area (Å²) in [6, 6.07) is 1.64. The van der Waals surface area contributed by atoms with Crippen molar-refractivity contribution in [2.45, 2.75) is 21.6 Å². The standard InChI is InChI=1S/C9H12O12S4/c1-6-4-8(23(11,12)3-2-19-25(16,17)18)9(24(13,14)15)5-7(6)22-21-20-10/h4-5,10H,2-3H2,1H3,(H,13,14,15)(H,16,17,18). The summed E-state index contributed by atoms with van der Waals surface area (Å²) in [5.74, 6) is -1.00. The van der Waals surface area contributed by atoms with E-state index in [4.69, 9.17) is 9.81 Å². The highest BCUT2D eigenvalue weighted by Gasteiger charge is 2.27. The van der Waals surface area contributed by atoms with Crippen molar-refractivity contribution in [3.63, 3.8) is 0 Å². The molecular weight excluding hydrogens is 428 g/mol. The molecule has 0 spiro atoms. The third-order valence-electron chi connectivity index (χ3n) is 2.59. The lowest BCUT2D eigenvalue weighted by molar-refractivity contribution is -0.432. The molecule has 0 bridgehead atoms. The molecule has 0 amide bonds. The van der Waals surface area contributed by atoms with Gasteiger partial charge in [0.1, 0.15) is 4.90 Å². The van der Waals surface area contributed by atoms with E-state index >= 15 is 0 Å². The van der Waals surface area contributed by atoms with Crippen molar-refractivity contribution in [1.29, 1.82) is 0 Å². The van der Waals surface area contributed by atoms with Gasteiger partial charge in [-0.2, -0.15) is 16.8 Å². The molecule has 0 saturated heterocycles. The summed E-state index contributed by atoms with van der Waals surface area (Å²) < 4.78 is 93.9. The van der Waals surface area contributed by atoms with E-state index in [1.165, 1.54) is 6.92 Å². The van der Waals surface area contributed by atoms with Gasteiger partial charge in [-0.3, -0.25) is 9.11 Å². The number of aryl methyl sites for hydroxylation is 1. The van der Waals surface area contributed by atoms with Gasteiger partial charge in [-0.05, 0) is 24.6 Å². The zero-order valence-electron chi connectivity index (χ0n) is 12.2. The first-order chi connectivity index (χ1) is 11.3. The van der Waals surface area contributed by atoms with Gasteiger partial charge in [-0.25, -0.2) is 17.9 Å². The third-order valence-corrected chi connectivity index (χ3v) is 6.54. The molecule has 25 heavy (non-hydrogen) atoms. The largest absolute Gasteiger partial charge is 0.397 e. The molecular formula is C9H12O12S4. The Hall–Kier alpha value is -0.820. The molecule has 0 aliphatic rings. The van der Waals surface area contributed by atoms with Crippen LogP contribution >= 0.6 is 12.0 Å². The normalized spacial score (nSPS) is 13.1. The highest BCUT2D eigenvalue weighted by Crippen LogP contribution is 2.32. The summed E-state index contributed by atoms with van der Waals surface area (Å²) in [6.07, 6.45) is 0. The smallest absolute Gasteiger partial charge is 0.282 e. The topological polar surface area (TPSA) is 191 Å². The molecule has 144 valence electrons. The Labute approximate surface area is 147 Å². The average molecular weight is 440 g/mol. The summed E-state index contributed by atoms with van der Waals surface area (Å²) >= 11 is 0.338. The number of hydrogen-bond acceptors (Lipinski definition) is 11. The molecule has 0 aromatic heterocycles. The van der Waals surface area contributed by atoms with Gasteiger partial charge < -0.3 is 0 Å². The average Bonchev–Trinajstić information content (AvgIpc) is 2.42. The Morgan fingerprint density at radius 3 is 2.12 bits per heavy atom. The van der Waals surface area contributed by atoms with E-state index in [-0.39, 0.29) is 10.5 Å². The van der Waals surface area contributed by atoms with Crippen molar-refractivity contribution in [2.24, 2.45) is 0 Å². The maximum atomic E-state index is 12.2. The van der Waals surface area contributed by atoms with Gasteiger partial charge in [0, 0.05) is 4.90 Å². The van der Waals surface area contributed by atoms with Crippen molar-refractivity contribution in [1.82, 2.24) is 0 Å². The SMILES string of the molecule is Cc1cc(S(=O)(=O)CCOS(=O)(=O)O)c(S(=O)(=O)O)cc1SOOO. The molecule has 12 nitrogen and oxygen atoms in total. The van der Waals surface area contributed by atoms with Crippen LogP contribution in [0.4, 0.5) is 0 Å². The quantitative estimate of drug-likeness (QED) is 0.205. The van der Waals surface area contributed by atoms with Crippen molar-refractivity contribution in [3.05, 3.63) is 17.7 Å². The molecule has 3 N–H and O–H groups in total. The molecule has 0 aliphatic carbocycles. The summed E-state index contributed by atoms with van der Waals surface area (Å²) in [6.45, 7) is 0.383. The number of benzene rings is 1. The monoisotopic (exact) mass is 440 g/mol. The molecule has 0 aliphatic heterocycles. The Bertz CT molecular complexity index is 931. The molecule has 1 aromatic rings. The molecule has 0 unspecified atom stereocenters. The van der Waals surface area contributed by atoms with Crippen LogP contribution in [-0.4, -0.2) is 52.0 Å². The fourth-order valence-corrected chi connectivity index (χ4v) is 5.04. The van der Waals surface area contributed by atoms with Crippen molar-refractivity contribution >= 4 is 42.4 Å². The highest BCUT2D eigenvalue weighted by molar-refractivity contribution is 7.95. The lowest BCUT2D eigenvalue weighted by Gasteiger charge is -2.12. The third kappa shape index (κ3) is 6.77. The second-order valence-electron chi connectivity index (χ2n) is 4.33. The van der Waals surface area contributed by atoms with E-state index in [2.05, 4.69) is 13.6 Å². The van der Waals surface area contributed by atoms with Crippen molar-refractivity contribution in [2.75, 3.05) is 12.4 Å². The molecule has 1 aromatic carbocycles. The molecule has 0 radical (unpaired) electrons. The maximum absolute atomic E-state index is 12.2. The van der Waals surface area contributed by atoms with Crippen LogP contribution in [0.1, 0.15) is 5.56 Å². The molecule has 0 saturated carbocycles. The zero-order chi connectivity index (χ0) is 19.5. The Morgan fingerprint density at radius 1 is 1.04 bits per heavy atom. The van der Waals surface area contributed by atoms with Crippen LogP contribution in [-0.2, 0) is 43.9 Å². The maximum Gasteiger partial charge on any atom is 0.397 e. The molecule has 0 atom stereocenters. The highest BCUT2D eigenvalue weighted by atomic mass is 32.3. The van der Waals surface area contributed by atoms with Gasteiger partial charge in [0.2, 0.25) is 0 Å². The Morgan fingerprint density at radius 2 is 1.64 bits per heavy atom. The summed E-state index contributed by atoms with van der Waals surface area (Å²) in [5.41, 5.74) is 0.170. The van der Waals surface area contributed by atoms with Crippen LogP contribution in [0.2, 0.25) is 0 Å². The molecule has 16 heteroatoms. The Kier molecular flexibility index (Phi) is 7.33. The van der Waals surface area contributed by atoms with Gasteiger partial charge in [0.05, 0.1) is 29.3 Å². The lowest BCUT2D eigenvalue weighted by atomic mass is 10.2. The van der Waals surface area contributed by atoms with Crippen molar-refractivity contribution < 1.29 is 53.2 Å². The van der Waals surface area contributed by atoms with E-state index in [1.807, 2.05) is 0 Å². The van der Waals surface area contributed by atoms with E-state index < -0.39 is 52.5 Å². The van der Waals surface area contributed by atoms with E-state index in [0.717, 1.165) is 12.1 Å². The first-order valence-corrected chi connectivity index (χ1v) is 11.1. The summed E-state index contributed by atoms with van der Waals surface area (Å²) in [7, 11) is -14.3. The molecule has 0 fully saturated rings. The van der Waals surface area contributed by atoms with Crippen molar-refractivity contribution in [3.8, 4) is 0 Å². The van der Waals surface area contributed by atoms with Crippen LogP contribution < -0.4 is 0 Å². The summed E-state index contributed by atoms with van der Waals surface area (Å²) in [5, 5.41) is 11.4. The minimum atomic E-state index is -4.99. The zero-order valence-corrected chi connectivity index (χ0v) is 15.5. The predicted molar refractivity (Wildman–Crippen MR) is 81.2 cm³/mol. The first-order valence-electron chi connectivity index (χ1n) is 5.89. The number of hydrogen-bond donors (Lipinski definition) is 3. The van der Waals surface area contributed by atoms with Crippen LogP contribution in [0.5, 0.6) is 0 Å². The summed E-state index contributed by atoms with van der Waals surface area (Å²) in [4.78, 5) is -1.83. The van der Waals surface area contributed by atoms with Gasteiger partial charge >= 0.3 is 10.4 Å². The van der Waals surface area contributed by atoms with Gasteiger partial charge in [0.25, 0.3) is 10.1 Å². The minimum absolute atomic E-state index is 0.00480. The second-order valence-corrected chi connectivity index (χ2v) is 9.64. The van der Waals surface area contributed by atoms with Gasteiger partial charge in [-0.15, -0.1) is 4.33 Å². The van der Waals surface area contributed by atoms with Crippen LogP contribution in [0.15, 0.2) is 26.8 Å². The van der Waals surface area contributed by atoms with E-state index in [9.17, 15) is 29.8 Å². The molecule has 0 heterocycles. The fraction of sp³-hybridized carbons (Fsp3) is 0.333. The van der Waals surface area contributed by atoms with Crippen LogP contribution in [0.25, 0.3) is 0 Å². The molecule has 1 rings (SSSR count). The first kappa shape index (κ1) is 22.2. The minimum Gasteiger partial charge on any atom is -0.282 e. The van der Waals surface area contributed by atoms with Crippen LogP contribution in [0.3, 0.4) is 0 Å². The Balaban J connectivity index is 3.35. The second kappa shape index (κ2) is 8.25. The number of rotatable bonds is 9. The van der Waals surface area contributed by atoms with Gasteiger partial charge in [-0.1, -0.05) is 5.04 Å². The number of sulfone groups is 1. The fourth-order valence-electron chi connectivity index (χ4n) is 1.59. The predicted octanol–water partition coefficient (Wildman–Crippen LogP) is 0.263. The van der Waals surface area contributed by atoms with Crippen LogP contribution in [0, 0.1) is 6.92 Å². The van der Waals surface area contributed by atoms with E-state index in [0.29, 0.717) is 12.0 Å². The lowest BCUT2D eigenvalue weighted by Crippen LogP contribution is -2.18. The van der Waals surface area contributed by atoms with Gasteiger partial charge in [0.15, 0.2) is 9.84 Å². The van der Waals surface area contributed by atoms with E-state index in [1.54, 1.807) is 0 Å².